The van der Waals surface area contributed by atoms with E-state index in [2.05, 4.69) is 52.1 Å². The van der Waals surface area contributed by atoms with Gasteiger partial charge in [0.05, 0.1) is 11.1 Å². The average Bonchev–Trinajstić information content (AvgIpc) is 2.84. The number of hydrogen-bond acceptors (Lipinski definition) is 5. The Bertz CT molecular complexity index is 1370. The van der Waals surface area contributed by atoms with Crippen LogP contribution in [0.15, 0.2) is 77.3 Å². The number of nitrogens with one attached hydrogen (secondary N) is 1. The largest absolute Gasteiger partial charge is 0.490 e. The zero-order valence-electron chi connectivity index (χ0n) is 19.0. The Balaban J connectivity index is 1.62. The van der Waals surface area contributed by atoms with E-state index in [1.54, 1.807) is 18.2 Å². The molecule has 35 heavy (non-hydrogen) atoms. The first-order chi connectivity index (χ1) is 16.9. The van der Waals surface area contributed by atoms with Crippen LogP contribution in [-0.2, 0) is 16.2 Å². The lowest BCUT2D eigenvalue weighted by Gasteiger charge is -2.27. The van der Waals surface area contributed by atoms with Crippen molar-refractivity contribution >= 4 is 61.9 Å². The average molecular weight is 551 g/mol. The monoisotopic (exact) mass is 550 g/mol. The van der Waals surface area contributed by atoms with Crippen molar-refractivity contribution in [1.82, 2.24) is 10.2 Å². The number of nitrogens with zero attached hydrogens (tertiary/aromatic N) is 1. The lowest BCUT2D eigenvalue weighted by Crippen LogP contribution is -2.53. The summed E-state index contributed by atoms with van der Waals surface area (Å²) in [5.74, 6) is 0.00285. The molecule has 6 nitrogen and oxygen atoms in total. The quantitative estimate of drug-likeness (QED) is 0.176. The van der Waals surface area contributed by atoms with Gasteiger partial charge < -0.3 is 9.47 Å². The molecule has 0 aromatic heterocycles. The van der Waals surface area contributed by atoms with Gasteiger partial charge in [-0.15, -0.1) is 6.58 Å². The Kier molecular flexibility index (Phi) is 7.63. The second-order valence-electron chi connectivity index (χ2n) is 7.75. The van der Waals surface area contributed by atoms with E-state index < -0.39 is 11.8 Å². The SMILES string of the molecule is C=CCN1C(=O)/C(=C/c2cc(Br)c(OCc3ccc4ccccc4c3)c(OCC)c2)C(=O)NC1=S. The number of rotatable bonds is 8. The summed E-state index contributed by atoms with van der Waals surface area (Å²) in [6.07, 6.45) is 3.06. The second-order valence-corrected chi connectivity index (χ2v) is 9.00. The van der Waals surface area contributed by atoms with E-state index in [1.165, 1.54) is 16.4 Å². The fraction of sp³-hybridized carbons (Fsp3) is 0.148. The van der Waals surface area contributed by atoms with Crippen LogP contribution in [-0.4, -0.2) is 35.0 Å². The van der Waals surface area contributed by atoms with Gasteiger partial charge in [0.25, 0.3) is 11.8 Å². The smallest absolute Gasteiger partial charge is 0.265 e. The number of halogens is 1. The Morgan fingerprint density at radius 1 is 1.09 bits per heavy atom. The lowest BCUT2D eigenvalue weighted by atomic mass is 10.1. The molecule has 2 amide bonds. The molecule has 1 N–H and O–H groups in total. The number of carbonyl (C=O) groups excluding carboxylic acids is 2. The van der Waals surface area contributed by atoms with Crippen LogP contribution < -0.4 is 14.8 Å². The highest BCUT2D eigenvalue weighted by Gasteiger charge is 2.32. The summed E-state index contributed by atoms with van der Waals surface area (Å²) in [6.45, 7) is 6.47. The first kappa shape index (κ1) is 24.6. The molecule has 4 rings (SSSR count). The van der Waals surface area contributed by atoms with Gasteiger partial charge in [-0.3, -0.25) is 19.8 Å². The zero-order valence-corrected chi connectivity index (χ0v) is 21.4. The highest BCUT2D eigenvalue weighted by molar-refractivity contribution is 9.10. The third kappa shape index (κ3) is 5.44. The minimum absolute atomic E-state index is 0.0281. The number of amides is 2. The second kappa shape index (κ2) is 10.8. The summed E-state index contributed by atoms with van der Waals surface area (Å²) >= 11 is 8.67. The zero-order chi connectivity index (χ0) is 24.9. The van der Waals surface area contributed by atoms with E-state index in [9.17, 15) is 9.59 Å². The maximum Gasteiger partial charge on any atom is 0.265 e. The van der Waals surface area contributed by atoms with E-state index >= 15 is 0 Å². The Hall–Kier alpha value is -3.49. The van der Waals surface area contributed by atoms with Crippen molar-refractivity contribution in [2.45, 2.75) is 13.5 Å². The number of thiocarbonyl (C=S) groups is 1. The van der Waals surface area contributed by atoms with Crippen molar-refractivity contribution < 1.29 is 19.1 Å². The van der Waals surface area contributed by atoms with Crippen LogP contribution in [0.2, 0.25) is 0 Å². The Labute approximate surface area is 217 Å². The molecule has 1 aliphatic rings. The summed E-state index contributed by atoms with van der Waals surface area (Å²) in [5.41, 5.74) is 1.59. The van der Waals surface area contributed by atoms with E-state index in [4.69, 9.17) is 21.7 Å². The molecule has 1 aliphatic heterocycles. The van der Waals surface area contributed by atoms with Crippen molar-refractivity contribution in [3.05, 3.63) is 88.4 Å². The van der Waals surface area contributed by atoms with Crippen molar-refractivity contribution in [2.75, 3.05) is 13.2 Å². The van der Waals surface area contributed by atoms with E-state index in [-0.39, 0.29) is 17.2 Å². The van der Waals surface area contributed by atoms with E-state index in [0.29, 0.717) is 34.7 Å². The van der Waals surface area contributed by atoms with Gasteiger partial charge in [-0.2, -0.15) is 0 Å². The van der Waals surface area contributed by atoms with Crippen LogP contribution in [0.4, 0.5) is 0 Å². The molecule has 3 aromatic carbocycles. The molecule has 1 saturated heterocycles. The number of fused-ring (bicyclic) bond motifs is 1. The molecule has 1 fully saturated rings. The molecule has 3 aromatic rings. The van der Waals surface area contributed by atoms with E-state index in [1.807, 2.05) is 25.1 Å². The molecule has 8 heteroatoms. The van der Waals surface area contributed by atoms with Gasteiger partial charge in [0.15, 0.2) is 16.6 Å². The van der Waals surface area contributed by atoms with Gasteiger partial charge in [-0.25, -0.2) is 0 Å². The minimum atomic E-state index is -0.550. The van der Waals surface area contributed by atoms with Gasteiger partial charge in [-0.1, -0.05) is 42.5 Å². The number of benzene rings is 3. The molecule has 0 bridgehead atoms. The van der Waals surface area contributed by atoms with Gasteiger partial charge in [0, 0.05) is 6.54 Å². The molecule has 0 spiro atoms. The highest BCUT2D eigenvalue weighted by Crippen LogP contribution is 2.38. The van der Waals surface area contributed by atoms with Crippen LogP contribution in [0, 0.1) is 0 Å². The van der Waals surface area contributed by atoms with Crippen molar-refractivity contribution in [2.24, 2.45) is 0 Å². The van der Waals surface area contributed by atoms with Crippen LogP contribution in [0.1, 0.15) is 18.1 Å². The molecule has 1 heterocycles. The molecular formula is C27H23BrN2O4S. The predicted molar refractivity (Wildman–Crippen MR) is 144 cm³/mol. The summed E-state index contributed by atoms with van der Waals surface area (Å²) in [4.78, 5) is 26.6. The van der Waals surface area contributed by atoms with Gasteiger partial charge >= 0.3 is 0 Å². The third-order valence-corrected chi connectivity index (χ3v) is 6.25. The van der Waals surface area contributed by atoms with Crippen molar-refractivity contribution in [1.29, 1.82) is 0 Å². The van der Waals surface area contributed by atoms with E-state index in [0.717, 1.165) is 10.9 Å². The summed E-state index contributed by atoms with van der Waals surface area (Å²) in [7, 11) is 0. The molecule has 0 aliphatic carbocycles. The van der Waals surface area contributed by atoms with Crippen LogP contribution >= 0.6 is 28.1 Å². The predicted octanol–water partition coefficient (Wildman–Crippen LogP) is 5.39. The first-order valence-electron chi connectivity index (χ1n) is 11.0. The summed E-state index contributed by atoms with van der Waals surface area (Å²) in [6, 6.07) is 17.8. The van der Waals surface area contributed by atoms with Crippen LogP contribution in [0.5, 0.6) is 11.5 Å². The lowest BCUT2D eigenvalue weighted by molar-refractivity contribution is -0.128. The third-order valence-electron chi connectivity index (χ3n) is 5.34. The number of carbonyl (C=O) groups is 2. The fourth-order valence-corrected chi connectivity index (χ4v) is 4.54. The number of ether oxygens (including phenoxy) is 2. The minimum Gasteiger partial charge on any atom is -0.490 e. The van der Waals surface area contributed by atoms with Crippen molar-refractivity contribution in [3.63, 3.8) is 0 Å². The molecule has 0 saturated carbocycles. The summed E-state index contributed by atoms with van der Waals surface area (Å²) in [5, 5.41) is 4.91. The molecule has 0 radical (unpaired) electrons. The number of hydrogen-bond donors (Lipinski definition) is 1. The fourth-order valence-electron chi connectivity index (χ4n) is 3.71. The molecule has 178 valence electrons. The standard InChI is InChI=1S/C27H23BrN2O4S/c1-3-11-30-26(32)21(25(31)29-27(30)35)13-18-14-22(28)24(23(15-18)33-4-2)34-16-17-9-10-19-7-5-6-8-20(19)12-17/h3,5-10,12-15H,1,4,11,16H2,2H3,(H,29,31,35)/b21-13+. The Morgan fingerprint density at radius 3 is 2.60 bits per heavy atom. The maximum absolute atomic E-state index is 12.8. The van der Waals surface area contributed by atoms with Gasteiger partial charge in [0.2, 0.25) is 0 Å². The molecule has 0 unspecified atom stereocenters. The molecular weight excluding hydrogens is 528 g/mol. The van der Waals surface area contributed by atoms with Crippen LogP contribution in [0.3, 0.4) is 0 Å². The first-order valence-corrected chi connectivity index (χ1v) is 12.2. The van der Waals surface area contributed by atoms with Gasteiger partial charge in [0.1, 0.15) is 12.2 Å². The molecule has 0 atom stereocenters. The maximum atomic E-state index is 12.8. The highest BCUT2D eigenvalue weighted by atomic mass is 79.9. The van der Waals surface area contributed by atoms with Crippen molar-refractivity contribution in [3.8, 4) is 11.5 Å². The Morgan fingerprint density at radius 2 is 1.86 bits per heavy atom. The normalized spacial score (nSPS) is 14.9. The topological polar surface area (TPSA) is 67.9 Å². The summed E-state index contributed by atoms with van der Waals surface area (Å²) < 4.78 is 12.6. The van der Waals surface area contributed by atoms with Gasteiger partial charge in [-0.05, 0) is 81.2 Å². The van der Waals surface area contributed by atoms with Crippen LogP contribution in [0.25, 0.3) is 16.8 Å².